The van der Waals surface area contributed by atoms with Crippen LogP contribution in [0.4, 0.5) is 10.5 Å². The Kier molecular flexibility index (Phi) is 12.9. The molecule has 3 aromatic rings. The SMILES string of the molecule is COC(=O)c1ccc(C(=O)Nc2ccc(CC(NC(=O)C(NC(=O)OC(C)(C)C)C(C)(C)SC)C(=O)N[C@@H]3CCCc4ccccc43)cc2)cc1. The summed E-state index contributed by atoms with van der Waals surface area (Å²) in [7, 11) is 1.29. The summed E-state index contributed by atoms with van der Waals surface area (Å²) in [6, 6.07) is 18.9. The molecule has 0 heterocycles. The van der Waals surface area contributed by atoms with Gasteiger partial charge in [-0.05, 0) is 113 Å². The maximum atomic E-state index is 14.0. The highest BCUT2D eigenvalue weighted by molar-refractivity contribution is 8.00. The minimum atomic E-state index is -1.02. The van der Waals surface area contributed by atoms with Gasteiger partial charge in [0.15, 0.2) is 0 Å². The second kappa shape index (κ2) is 16.9. The number of esters is 1. The third-order valence-corrected chi connectivity index (χ3v) is 9.97. The third kappa shape index (κ3) is 10.8. The zero-order valence-electron chi connectivity index (χ0n) is 30.3. The highest BCUT2D eigenvalue weighted by Crippen LogP contribution is 2.30. The molecule has 4 amide bonds. The molecule has 0 fully saturated rings. The fourth-order valence-electron chi connectivity index (χ4n) is 5.78. The van der Waals surface area contributed by atoms with Crippen LogP contribution >= 0.6 is 11.8 Å². The van der Waals surface area contributed by atoms with Crippen molar-refractivity contribution in [1.82, 2.24) is 16.0 Å². The Morgan fingerprint density at radius 1 is 0.843 bits per heavy atom. The molecule has 3 aromatic carbocycles. The van der Waals surface area contributed by atoms with Crippen LogP contribution in [0.2, 0.25) is 0 Å². The summed E-state index contributed by atoms with van der Waals surface area (Å²) in [4.78, 5) is 65.4. The number of benzene rings is 3. The number of aryl methyl sites for hydroxylation is 1. The van der Waals surface area contributed by atoms with Crippen LogP contribution in [0.1, 0.15) is 90.9 Å². The second-order valence-corrected chi connectivity index (χ2v) is 15.5. The van der Waals surface area contributed by atoms with Gasteiger partial charge in [-0.15, -0.1) is 0 Å². The van der Waals surface area contributed by atoms with E-state index in [2.05, 4.69) is 27.3 Å². The van der Waals surface area contributed by atoms with Gasteiger partial charge in [0, 0.05) is 22.4 Å². The predicted octanol–water partition coefficient (Wildman–Crippen LogP) is 5.98. The Hall–Kier alpha value is -4.84. The lowest BCUT2D eigenvalue weighted by Gasteiger charge is -2.34. The molecule has 4 N–H and O–H groups in total. The van der Waals surface area contributed by atoms with E-state index in [9.17, 15) is 24.0 Å². The number of carbonyl (C=O) groups is 5. The van der Waals surface area contributed by atoms with Crippen LogP contribution in [0.15, 0.2) is 72.8 Å². The van der Waals surface area contributed by atoms with E-state index < -0.39 is 40.4 Å². The number of ether oxygens (including phenoxy) is 2. The van der Waals surface area contributed by atoms with Crippen molar-refractivity contribution in [2.45, 2.75) is 88.8 Å². The molecule has 12 heteroatoms. The van der Waals surface area contributed by atoms with E-state index in [0.717, 1.165) is 30.4 Å². The van der Waals surface area contributed by atoms with Crippen molar-refractivity contribution in [3.05, 3.63) is 101 Å². The van der Waals surface area contributed by atoms with Crippen molar-refractivity contribution in [1.29, 1.82) is 0 Å². The van der Waals surface area contributed by atoms with Crippen molar-refractivity contribution in [3.8, 4) is 0 Å². The summed E-state index contributed by atoms with van der Waals surface area (Å²) < 4.78 is 9.42. The van der Waals surface area contributed by atoms with Crippen molar-refractivity contribution in [2.24, 2.45) is 0 Å². The van der Waals surface area contributed by atoms with Gasteiger partial charge in [0.25, 0.3) is 5.91 Å². The predicted molar refractivity (Wildman–Crippen MR) is 199 cm³/mol. The minimum absolute atomic E-state index is 0.147. The number of hydrogen-bond acceptors (Lipinski definition) is 8. The first-order valence-corrected chi connectivity index (χ1v) is 18.1. The number of nitrogens with one attached hydrogen (secondary N) is 4. The van der Waals surface area contributed by atoms with Crippen LogP contribution in [0.3, 0.4) is 0 Å². The Bertz CT molecular complexity index is 1720. The van der Waals surface area contributed by atoms with Gasteiger partial charge in [-0.25, -0.2) is 9.59 Å². The Morgan fingerprint density at radius 3 is 2.12 bits per heavy atom. The van der Waals surface area contributed by atoms with Crippen LogP contribution in [0.25, 0.3) is 0 Å². The number of methoxy groups -OCH3 is 1. The summed E-state index contributed by atoms with van der Waals surface area (Å²) in [5.74, 6) is -1.73. The molecule has 0 saturated carbocycles. The Labute approximate surface area is 304 Å². The number of thioether (sulfide) groups is 1. The van der Waals surface area contributed by atoms with Gasteiger partial charge in [0.1, 0.15) is 17.7 Å². The molecule has 0 bridgehead atoms. The van der Waals surface area contributed by atoms with E-state index in [4.69, 9.17) is 9.47 Å². The van der Waals surface area contributed by atoms with E-state index in [0.29, 0.717) is 16.8 Å². The molecular weight excluding hydrogens is 669 g/mol. The molecule has 0 aromatic heterocycles. The normalized spacial score (nSPS) is 15.3. The molecule has 0 aliphatic heterocycles. The highest BCUT2D eigenvalue weighted by Gasteiger charge is 2.39. The van der Waals surface area contributed by atoms with Gasteiger partial charge >= 0.3 is 12.1 Å². The first-order valence-electron chi connectivity index (χ1n) is 16.9. The molecule has 1 aliphatic rings. The number of rotatable bonds is 12. The first kappa shape index (κ1) is 39.0. The Morgan fingerprint density at radius 2 is 1.49 bits per heavy atom. The molecule has 11 nitrogen and oxygen atoms in total. The second-order valence-electron chi connectivity index (χ2n) is 14.0. The lowest BCUT2D eigenvalue weighted by molar-refractivity contribution is -0.130. The summed E-state index contributed by atoms with van der Waals surface area (Å²) in [5, 5.41) is 11.7. The molecule has 0 spiro atoms. The van der Waals surface area contributed by atoms with E-state index >= 15 is 0 Å². The smallest absolute Gasteiger partial charge is 0.408 e. The largest absolute Gasteiger partial charge is 0.465 e. The fraction of sp³-hybridized carbons (Fsp3) is 0.410. The number of fused-ring (bicyclic) bond motifs is 1. The molecule has 51 heavy (non-hydrogen) atoms. The maximum absolute atomic E-state index is 14.0. The topological polar surface area (TPSA) is 152 Å². The van der Waals surface area contributed by atoms with Gasteiger partial charge in [-0.2, -0.15) is 11.8 Å². The maximum Gasteiger partial charge on any atom is 0.408 e. The molecule has 1 aliphatic carbocycles. The van der Waals surface area contributed by atoms with E-state index in [1.54, 1.807) is 45.0 Å². The molecular formula is C39H48N4O7S. The molecule has 0 saturated heterocycles. The zero-order chi connectivity index (χ0) is 37.3. The summed E-state index contributed by atoms with van der Waals surface area (Å²) >= 11 is 1.40. The lowest BCUT2D eigenvalue weighted by atomic mass is 9.87. The van der Waals surface area contributed by atoms with Gasteiger partial charge in [-0.1, -0.05) is 36.4 Å². The summed E-state index contributed by atoms with van der Waals surface area (Å²) in [5.41, 5.74) is 3.44. The van der Waals surface area contributed by atoms with Crippen molar-refractivity contribution < 1.29 is 33.4 Å². The average molecular weight is 717 g/mol. The number of amides is 4. The van der Waals surface area contributed by atoms with Crippen LogP contribution in [-0.4, -0.2) is 65.6 Å². The van der Waals surface area contributed by atoms with Gasteiger partial charge < -0.3 is 30.7 Å². The third-order valence-electron chi connectivity index (χ3n) is 8.68. The zero-order valence-corrected chi connectivity index (χ0v) is 31.1. The van der Waals surface area contributed by atoms with Crippen molar-refractivity contribution in [3.63, 3.8) is 0 Å². The number of hydrogen-bond donors (Lipinski definition) is 4. The quantitative estimate of drug-likeness (QED) is 0.167. The Balaban J connectivity index is 1.54. The van der Waals surface area contributed by atoms with E-state index in [-0.39, 0.29) is 24.3 Å². The standard InChI is InChI=1S/C39H48N4O7S/c1-38(2,3)50-37(48)43-32(39(4,5)51-7)35(46)42-31(34(45)41-30-14-10-12-25-11-8-9-13-29(25)30)23-24-15-21-28(22-16-24)40-33(44)26-17-19-27(20-18-26)36(47)49-6/h8-9,11,13,15-22,30-32H,10,12,14,23H2,1-7H3,(H,40,44)(H,41,45)(H,42,46)(H,43,48)/t30-,31?,32?/m1/s1. The monoisotopic (exact) mass is 716 g/mol. The molecule has 0 radical (unpaired) electrons. The van der Waals surface area contributed by atoms with Crippen molar-refractivity contribution >= 4 is 47.2 Å². The van der Waals surface area contributed by atoms with Gasteiger partial charge in [-0.3, -0.25) is 14.4 Å². The van der Waals surface area contributed by atoms with E-state index in [1.807, 2.05) is 38.3 Å². The van der Waals surface area contributed by atoms with Crippen LogP contribution in [0, 0.1) is 0 Å². The lowest BCUT2D eigenvalue weighted by Crippen LogP contribution is -2.60. The number of carbonyl (C=O) groups excluding carboxylic acids is 5. The first-order chi connectivity index (χ1) is 24.1. The molecule has 3 atom stereocenters. The van der Waals surface area contributed by atoms with Crippen LogP contribution in [-0.2, 0) is 31.9 Å². The van der Waals surface area contributed by atoms with Gasteiger partial charge in [0.05, 0.1) is 18.7 Å². The molecule has 2 unspecified atom stereocenters. The van der Waals surface area contributed by atoms with Crippen molar-refractivity contribution in [2.75, 3.05) is 18.7 Å². The minimum Gasteiger partial charge on any atom is -0.465 e. The summed E-state index contributed by atoms with van der Waals surface area (Å²) in [6.07, 6.45) is 3.89. The van der Waals surface area contributed by atoms with E-state index in [1.165, 1.54) is 48.7 Å². The molecule has 272 valence electrons. The van der Waals surface area contributed by atoms with Crippen LogP contribution < -0.4 is 21.3 Å². The molecule has 4 rings (SSSR count). The average Bonchev–Trinajstić information content (AvgIpc) is 3.10. The number of anilines is 1. The summed E-state index contributed by atoms with van der Waals surface area (Å²) in [6.45, 7) is 8.91. The number of alkyl carbamates (subject to hydrolysis) is 1. The van der Waals surface area contributed by atoms with Crippen LogP contribution in [0.5, 0.6) is 0 Å². The fourth-order valence-corrected chi connectivity index (χ4v) is 6.18. The highest BCUT2D eigenvalue weighted by atomic mass is 32.2. The van der Waals surface area contributed by atoms with Gasteiger partial charge in [0.2, 0.25) is 11.8 Å².